The van der Waals surface area contributed by atoms with Gasteiger partial charge in [0.15, 0.2) is 5.13 Å². The standard InChI is InChI=1S/C13H21N3OS/c1-4-10-5-6-14-11(7-10)12(17)16-13-15-8(2)9(3)18-13/h10-11,14H,4-7H2,1-3H3,(H,15,16,17). The molecule has 1 aromatic rings. The van der Waals surface area contributed by atoms with Crippen molar-refractivity contribution in [2.75, 3.05) is 11.9 Å². The van der Waals surface area contributed by atoms with E-state index >= 15 is 0 Å². The lowest BCUT2D eigenvalue weighted by molar-refractivity contribution is -0.119. The quantitative estimate of drug-likeness (QED) is 0.884. The number of hydrogen-bond acceptors (Lipinski definition) is 4. The first-order valence-corrected chi connectivity index (χ1v) is 7.40. The molecular formula is C13H21N3OS. The Bertz CT molecular complexity index is 410. The Morgan fingerprint density at radius 1 is 1.56 bits per heavy atom. The van der Waals surface area contributed by atoms with Crippen LogP contribution in [0.1, 0.15) is 36.8 Å². The molecule has 1 aromatic heterocycles. The van der Waals surface area contributed by atoms with Crippen molar-refractivity contribution in [1.29, 1.82) is 0 Å². The molecule has 1 aliphatic heterocycles. The summed E-state index contributed by atoms with van der Waals surface area (Å²) in [6.45, 7) is 7.12. The molecule has 0 aliphatic carbocycles. The van der Waals surface area contributed by atoms with Crippen LogP contribution >= 0.6 is 11.3 Å². The zero-order valence-corrected chi connectivity index (χ0v) is 12.1. The van der Waals surface area contributed by atoms with Crippen molar-refractivity contribution in [3.8, 4) is 0 Å². The van der Waals surface area contributed by atoms with Crippen LogP contribution < -0.4 is 10.6 Å². The number of anilines is 1. The number of carbonyl (C=O) groups is 1. The highest BCUT2D eigenvalue weighted by atomic mass is 32.1. The maximum Gasteiger partial charge on any atom is 0.243 e. The van der Waals surface area contributed by atoms with Crippen LogP contribution in [0.4, 0.5) is 5.13 Å². The third kappa shape index (κ3) is 3.09. The van der Waals surface area contributed by atoms with Gasteiger partial charge in [0.05, 0.1) is 11.7 Å². The normalized spacial score (nSPS) is 23.9. The summed E-state index contributed by atoms with van der Waals surface area (Å²) in [5.74, 6) is 0.726. The Morgan fingerprint density at radius 2 is 2.33 bits per heavy atom. The molecule has 2 rings (SSSR count). The topological polar surface area (TPSA) is 54.0 Å². The van der Waals surface area contributed by atoms with Gasteiger partial charge in [-0.2, -0.15) is 0 Å². The van der Waals surface area contributed by atoms with Crippen molar-refractivity contribution in [1.82, 2.24) is 10.3 Å². The molecule has 1 aliphatic rings. The number of amides is 1. The molecule has 2 atom stereocenters. The van der Waals surface area contributed by atoms with Gasteiger partial charge in [-0.3, -0.25) is 4.79 Å². The summed E-state index contributed by atoms with van der Waals surface area (Å²) in [4.78, 5) is 17.6. The number of nitrogens with zero attached hydrogens (tertiary/aromatic N) is 1. The second-order valence-electron chi connectivity index (χ2n) is 4.96. The van der Waals surface area contributed by atoms with E-state index in [9.17, 15) is 4.79 Å². The first-order chi connectivity index (χ1) is 8.60. The predicted octanol–water partition coefficient (Wildman–Crippen LogP) is 2.48. The largest absolute Gasteiger partial charge is 0.306 e. The predicted molar refractivity (Wildman–Crippen MR) is 75.0 cm³/mol. The van der Waals surface area contributed by atoms with Gasteiger partial charge in [-0.1, -0.05) is 13.3 Å². The van der Waals surface area contributed by atoms with Crippen molar-refractivity contribution in [3.05, 3.63) is 10.6 Å². The number of hydrogen-bond donors (Lipinski definition) is 2. The van der Waals surface area contributed by atoms with Crippen LogP contribution in [-0.4, -0.2) is 23.5 Å². The Morgan fingerprint density at radius 3 is 2.94 bits per heavy atom. The van der Waals surface area contributed by atoms with E-state index in [0.29, 0.717) is 5.92 Å². The molecule has 0 saturated carbocycles. The van der Waals surface area contributed by atoms with Gasteiger partial charge in [0.2, 0.25) is 5.91 Å². The van der Waals surface area contributed by atoms with Gasteiger partial charge in [0, 0.05) is 4.88 Å². The molecule has 100 valence electrons. The fourth-order valence-electron chi connectivity index (χ4n) is 2.29. The Hall–Kier alpha value is -0.940. The summed E-state index contributed by atoms with van der Waals surface area (Å²) in [7, 11) is 0. The number of thiazole rings is 1. The summed E-state index contributed by atoms with van der Waals surface area (Å²) in [6.07, 6.45) is 3.27. The number of nitrogens with one attached hydrogen (secondary N) is 2. The van der Waals surface area contributed by atoms with E-state index in [1.165, 1.54) is 6.42 Å². The maximum atomic E-state index is 12.1. The molecule has 5 heteroatoms. The van der Waals surface area contributed by atoms with Gasteiger partial charge >= 0.3 is 0 Å². The second-order valence-corrected chi connectivity index (χ2v) is 6.16. The van der Waals surface area contributed by atoms with Crippen LogP contribution in [0, 0.1) is 19.8 Å². The molecule has 0 bridgehead atoms. The SMILES string of the molecule is CCC1CCNC(C(=O)Nc2nc(C)c(C)s2)C1. The minimum atomic E-state index is -0.0618. The van der Waals surface area contributed by atoms with E-state index < -0.39 is 0 Å². The van der Waals surface area contributed by atoms with Gasteiger partial charge in [0.1, 0.15) is 0 Å². The van der Waals surface area contributed by atoms with Gasteiger partial charge in [0.25, 0.3) is 0 Å². The lowest BCUT2D eigenvalue weighted by Crippen LogP contribution is -2.46. The Balaban J connectivity index is 1.95. The Kier molecular flexibility index (Phi) is 4.35. The van der Waals surface area contributed by atoms with E-state index in [-0.39, 0.29) is 11.9 Å². The minimum absolute atomic E-state index is 0.0573. The molecule has 0 spiro atoms. The number of rotatable bonds is 3. The fraction of sp³-hybridized carbons (Fsp3) is 0.692. The summed E-state index contributed by atoms with van der Waals surface area (Å²) >= 11 is 1.54. The smallest absolute Gasteiger partial charge is 0.243 e. The minimum Gasteiger partial charge on any atom is -0.306 e. The molecular weight excluding hydrogens is 246 g/mol. The van der Waals surface area contributed by atoms with Crippen molar-refractivity contribution in [2.45, 2.75) is 46.1 Å². The zero-order valence-electron chi connectivity index (χ0n) is 11.2. The highest BCUT2D eigenvalue weighted by Gasteiger charge is 2.26. The number of aryl methyl sites for hydroxylation is 2. The van der Waals surface area contributed by atoms with Crippen molar-refractivity contribution in [3.63, 3.8) is 0 Å². The van der Waals surface area contributed by atoms with Crippen LogP contribution in [-0.2, 0) is 4.79 Å². The summed E-state index contributed by atoms with van der Waals surface area (Å²) in [5, 5.41) is 6.93. The Labute approximate surface area is 112 Å². The molecule has 18 heavy (non-hydrogen) atoms. The first-order valence-electron chi connectivity index (χ1n) is 6.58. The van der Waals surface area contributed by atoms with Crippen molar-refractivity contribution >= 4 is 22.4 Å². The fourth-order valence-corrected chi connectivity index (χ4v) is 3.10. The van der Waals surface area contributed by atoms with Gasteiger partial charge in [-0.05, 0) is 39.2 Å². The van der Waals surface area contributed by atoms with Gasteiger partial charge in [-0.15, -0.1) is 11.3 Å². The van der Waals surface area contributed by atoms with E-state index in [0.717, 1.165) is 35.1 Å². The molecule has 2 unspecified atom stereocenters. The van der Waals surface area contributed by atoms with Crippen molar-refractivity contribution in [2.24, 2.45) is 5.92 Å². The van der Waals surface area contributed by atoms with E-state index in [4.69, 9.17) is 0 Å². The number of aromatic nitrogens is 1. The third-order valence-corrected chi connectivity index (χ3v) is 4.65. The molecule has 1 amide bonds. The van der Waals surface area contributed by atoms with E-state index in [2.05, 4.69) is 22.5 Å². The number of carbonyl (C=O) groups excluding carboxylic acids is 1. The summed E-state index contributed by atoms with van der Waals surface area (Å²) in [5.41, 5.74) is 0.998. The highest BCUT2D eigenvalue weighted by molar-refractivity contribution is 7.15. The van der Waals surface area contributed by atoms with Gasteiger partial charge < -0.3 is 10.6 Å². The molecule has 0 radical (unpaired) electrons. The molecule has 4 nitrogen and oxygen atoms in total. The van der Waals surface area contributed by atoms with E-state index in [1.54, 1.807) is 11.3 Å². The third-order valence-electron chi connectivity index (χ3n) is 3.66. The zero-order chi connectivity index (χ0) is 13.1. The first kappa shape index (κ1) is 13.5. The highest BCUT2D eigenvalue weighted by Crippen LogP contribution is 2.23. The second kappa shape index (κ2) is 5.80. The van der Waals surface area contributed by atoms with Crippen LogP contribution in [0.15, 0.2) is 0 Å². The summed E-state index contributed by atoms with van der Waals surface area (Å²) < 4.78 is 0. The average Bonchev–Trinajstić information content (AvgIpc) is 2.68. The lowest BCUT2D eigenvalue weighted by atomic mass is 9.90. The summed E-state index contributed by atoms with van der Waals surface area (Å²) in [6, 6.07) is -0.0618. The molecule has 2 heterocycles. The van der Waals surface area contributed by atoms with Crippen molar-refractivity contribution < 1.29 is 4.79 Å². The van der Waals surface area contributed by atoms with Crippen LogP contribution in [0.3, 0.4) is 0 Å². The molecule has 0 aromatic carbocycles. The molecule has 1 fully saturated rings. The molecule has 1 saturated heterocycles. The van der Waals surface area contributed by atoms with Crippen LogP contribution in [0.5, 0.6) is 0 Å². The lowest BCUT2D eigenvalue weighted by Gasteiger charge is -2.28. The average molecular weight is 267 g/mol. The van der Waals surface area contributed by atoms with E-state index in [1.807, 2.05) is 13.8 Å². The van der Waals surface area contributed by atoms with Crippen LogP contribution in [0.2, 0.25) is 0 Å². The maximum absolute atomic E-state index is 12.1. The number of piperidine rings is 1. The molecule has 2 N–H and O–H groups in total. The monoisotopic (exact) mass is 267 g/mol. The van der Waals surface area contributed by atoms with Gasteiger partial charge in [-0.25, -0.2) is 4.98 Å². The van der Waals surface area contributed by atoms with Crippen LogP contribution in [0.25, 0.3) is 0 Å².